The van der Waals surface area contributed by atoms with E-state index < -0.39 is 20.8 Å². The zero-order valence-electron chi connectivity index (χ0n) is 21.9. The number of aldehydes is 1. The van der Waals surface area contributed by atoms with Gasteiger partial charge in [-0.2, -0.15) is 5.10 Å². The van der Waals surface area contributed by atoms with E-state index >= 15 is 4.39 Å². The fourth-order valence-electron chi connectivity index (χ4n) is 4.61. The van der Waals surface area contributed by atoms with Gasteiger partial charge in [-0.15, -0.1) is 0 Å². The van der Waals surface area contributed by atoms with E-state index in [9.17, 15) is 13.6 Å². The second kappa shape index (κ2) is 11.4. The second-order valence-corrected chi connectivity index (χ2v) is 16.6. The van der Waals surface area contributed by atoms with Crippen LogP contribution in [0.25, 0.3) is 22.3 Å². The molecule has 4 rings (SSSR count). The Morgan fingerprint density at radius 2 is 1.92 bits per heavy atom. The summed E-state index contributed by atoms with van der Waals surface area (Å²) in [5, 5.41) is 8.61. The minimum absolute atomic E-state index is 0.0512. The number of hydrogen-bond donors (Lipinski definition) is 1. The third-order valence-electron chi connectivity index (χ3n) is 6.82. The number of carbonyl (C=O) groups is 1. The van der Waals surface area contributed by atoms with Crippen molar-refractivity contribution in [3.63, 3.8) is 0 Å². The van der Waals surface area contributed by atoms with E-state index in [1.807, 2.05) is 6.07 Å². The van der Waals surface area contributed by atoms with Gasteiger partial charge in [-0.1, -0.05) is 25.7 Å². The van der Waals surface area contributed by atoms with Crippen molar-refractivity contribution < 1.29 is 22.7 Å². The molecule has 1 unspecified atom stereocenters. The predicted octanol–water partition coefficient (Wildman–Crippen LogP) is 5.87. The van der Waals surface area contributed by atoms with Crippen molar-refractivity contribution in [3.05, 3.63) is 36.0 Å². The number of nitrogens with zero attached hydrogens (tertiary/aromatic N) is 4. The Morgan fingerprint density at radius 3 is 2.57 bits per heavy atom. The summed E-state index contributed by atoms with van der Waals surface area (Å²) in [6.45, 7) is 9.23. The predicted molar refractivity (Wildman–Crippen MR) is 143 cm³/mol. The molecular formula is C26H36F3N5O2Si. The molecule has 1 atom stereocenters. The summed E-state index contributed by atoms with van der Waals surface area (Å²) >= 11 is 0. The molecule has 0 amide bonds. The smallest absolute Gasteiger partial charge is 0.288 e. The van der Waals surface area contributed by atoms with E-state index in [0.717, 1.165) is 42.2 Å². The van der Waals surface area contributed by atoms with E-state index in [4.69, 9.17) is 4.74 Å². The summed E-state index contributed by atoms with van der Waals surface area (Å²) in [6.07, 6.45) is -3.25. The van der Waals surface area contributed by atoms with Crippen molar-refractivity contribution in [1.29, 1.82) is 0 Å². The molecule has 1 aromatic carbocycles. The van der Waals surface area contributed by atoms with Crippen LogP contribution in [0.15, 0.2) is 30.3 Å². The van der Waals surface area contributed by atoms with Crippen molar-refractivity contribution in [1.82, 2.24) is 19.2 Å². The van der Waals surface area contributed by atoms with E-state index in [0.29, 0.717) is 23.8 Å². The van der Waals surface area contributed by atoms with Crippen molar-refractivity contribution in [2.45, 2.75) is 64.0 Å². The Morgan fingerprint density at radius 1 is 1.19 bits per heavy atom. The van der Waals surface area contributed by atoms with E-state index in [1.165, 1.54) is 10.7 Å². The van der Waals surface area contributed by atoms with Gasteiger partial charge in [0.15, 0.2) is 6.29 Å². The van der Waals surface area contributed by atoms with Crippen molar-refractivity contribution in [2.75, 3.05) is 32.1 Å². The largest absolute Gasteiger partial charge is 0.382 e. The Bertz CT molecular complexity index is 1210. The maximum absolute atomic E-state index is 15.0. The monoisotopic (exact) mass is 535 g/mol. The Balaban J connectivity index is 1.69. The van der Waals surface area contributed by atoms with Crippen LogP contribution in [0, 0.1) is 0 Å². The number of fused-ring (bicyclic) bond motifs is 1. The van der Waals surface area contributed by atoms with Crippen LogP contribution in [-0.4, -0.2) is 72.8 Å². The van der Waals surface area contributed by atoms with Gasteiger partial charge in [0.1, 0.15) is 18.1 Å². The SMILES string of the molecule is CN1CCC(Nc2cccc3c2cc(-c2cc(C=O)n(COCC[Si](C)(C)C)n2)n3C(F)C(F)F)CC1. The molecule has 2 aromatic heterocycles. The summed E-state index contributed by atoms with van der Waals surface area (Å²) in [6, 6.07) is 9.60. The van der Waals surface area contributed by atoms with Gasteiger partial charge in [0.2, 0.25) is 6.30 Å². The van der Waals surface area contributed by atoms with Crippen LogP contribution in [0.2, 0.25) is 25.7 Å². The molecule has 1 saturated heterocycles. The molecule has 0 aliphatic carbocycles. The Labute approximate surface area is 216 Å². The number of aromatic nitrogens is 3. The molecule has 3 heterocycles. The molecule has 0 radical (unpaired) electrons. The normalized spacial score (nSPS) is 16.5. The summed E-state index contributed by atoms with van der Waals surface area (Å²) < 4.78 is 50.4. The molecular weight excluding hydrogens is 499 g/mol. The van der Waals surface area contributed by atoms with Crippen LogP contribution in [0.5, 0.6) is 0 Å². The minimum atomic E-state index is -3.22. The first kappa shape index (κ1) is 27.4. The van der Waals surface area contributed by atoms with Gasteiger partial charge in [-0.05, 0) is 63.3 Å². The van der Waals surface area contributed by atoms with Gasteiger partial charge in [0.05, 0.1) is 11.2 Å². The molecule has 1 fully saturated rings. The number of rotatable bonds is 11. The Kier molecular flexibility index (Phi) is 8.45. The molecule has 202 valence electrons. The van der Waals surface area contributed by atoms with Crippen LogP contribution in [0.1, 0.15) is 29.6 Å². The molecule has 0 saturated carbocycles. The number of piperidine rings is 1. The fraction of sp³-hybridized carbons (Fsp3) is 0.538. The number of halogens is 3. The van der Waals surface area contributed by atoms with Crippen LogP contribution in [0.4, 0.5) is 18.9 Å². The number of alkyl halides is 3. The number of benzene rings is 1. The summed E-state index contributed by atoms with van der Waals surface area (Å²) in [5.41, 5.74) is 1.76. The zero-order chi connectivity index (χ0) is 26.7. The number of ether oxygens (including phenoxy) is 1. The third-order valence-corrected chi connectivity index (χ3v) is 8.52. The zero-order valence-corrected chi connectivity index (χ0v) is 22.9. The number of hydrogen-bond acceptors (Lipinski definition) is 5. The third kappa shape index (κ3) is 6.45. The van der Waals surface area contributed by atoms with Gasteiger partial charge in [0.25, 0.3) is 6.43 Å². The molecule has 1 aliphatic rings. The lowest BCUT2D eigenvalue weighted by atomic mass is 10.0. The average Bonchev–Trinajstić information content (AvgIpc) is 3.44. The fourth-order valence-corrected chi connectivity index (χ4v) is 5.37. The molecule has 7 nitrogen and oxygen atoms in total. The number of nitrogens with one attached hydrogen (secondary N) is 1. The number of carbonyl (C=O) groups excluding carboxylic acids is 1. The maximum Gasteiger partial charge on any atom is 0.288 e. The number of anilines is 1. The van der Waals surface area contributed by atoms with E-state index in [-0.39, 0.29) is 29.9 Å². The van der Waals surface area contributed by atoms with E-state index in [1.54, 1.807) is 18.2 Å². The maximum atomic E-state index is 15.0. The van der Waals surface area contributed by atoms with Crippen LogP contribution in [0.3, 0.4) is 0 Å². The number of likely N-dealkylation sites (tertiary alicyclic amines) is 1. The van der Waals surface area contributed by atoms with Crippen LogP contribution >= 0.6 is 0 Å². The molecule has 3 aromatic rings. The topological polar surface area (TPSA) is 64.3 Å². The van der Waals surface area contributed by atoms with Crippen molar-refractivity contribution >= 4 is 31.0 Å². The highest BCUT2D eigenvalue weighted by Gasteiger charge is 2.28. The van der Waals surface area contributed by atoms with Gasteiger partial charge >= 0.3 is 0 Å². The summed E-state index contributed by atoms with van der Waals surface area (Å²) in [5.74, 6) is 0. The quantitative estimate of drug-likeness (QED) is 0.189. The highest BCUT2D eigenvalue weighted by molar-refractivity contribution is 6.76. The first-order chi connectivity index (χ1) is 17.6. The molecule has 37 heavy (non-hydrogen) atoms. The average molecular weight is 536 g/mol. The standard InChI is InChI=1S/C26H36F3N5O2Si/c1-32-10-8-18(9-11-32)30-21-6-5-7-23-20(21)15-24(34(23)26(29)25(27)28)22-14-19(16-35)33(31-22)17-36-12-13-37(2,3)4/h5-7,14-16,18,25-26,30H,8-13,17H2,1-4H3. The lowest BCUT2D eigenvalue weighted by Crippen LogP contribution is -2.36. The molecule has 0 spiro atoms. The molecule has 1 aliphatic heterocycles. The van der Waals surface area contributed by atoms with Gasteiger partial charge < -0.3 is 19.5 Å². The van der Waals surface area contributed by atoms with Gasteiger partial charge in [-0.25, -0.2) is 17.9 Å². The highest BCUT2D eigenvalue weighted by atomic mass is 28.3. The first-order valence-electron chi connectivity index (χ1n) is 12.7. The van der Waals surface area contributed by atoms with Crippen LogP contribution < -0.4 is 5.32 Å². The lowest BCUT2D eigenvalue weighted by Gasteiger charge is -2.30. The first-order valence-corrected chi connectivity index (χ1v) is 16.4. The van der Waals surface area contributed by atoms with Gasteiger partial charge in [0, 0.05) is 31.8 Å². The minimum Gasteiger partial charge on any atom is -0.382 e. The van der Waals surface area contributed by atoms with Crippen molar-refractivity contribution in [3.8, 4) is 11.4 Å². The summed E-state index contributed by atoms with van der Waals surface area (Å²) in [7, 11) is 0.794. The van der Waals surface area contributed by atoms with Gasteiger partial charge in [-0.3, -0.25) is 4.79 Å². The van der Waals surface area contributed by atoms with Crippen molar-refractivity contribution in [2.24, 2.45) is 0 Å². The Hall–Kier alpha value is -2.63. The molecule has 0 bridgehead atoms. The molecule has 1 N–H and O–H groups in total. The second-order valence-electron chi connectivity index (χ2n) is 11.0. The summed E-state index contributed by atoms with van der Waals surface area (Å²) in [4.78, 5) is 14.0. The highest BCUT2D eigenvalue weighted by Crippen LogP contribution is 2.37. The molecule has 11 heteroatoms. The lowest BCUT2D eigenvalue weighted by molar-refractivity contribution is 0.0115. The van der Waals surface area contributed by atoms with E-state index in [2.05, 4.69) is 42.0 Å². The van der Waals surface area contributed by atoms with Crippen LogP contribution in [-0.2, 0) is 11.5 Å².